The summed E-state index contributed by atoms with van der Waals surface area (Å²) < 4.78 is 25.2. The van der Waals surface area contributed by atoms with E-state index in [2.05, 4.69) is 54.6 Å². The summed E-state index contributed by atoms with van der Waals surface area (Å²) in [6.45, 7) is 0.853. The monoisotopic (exact) mass is 296 g/mol. The highest BCUT2D eigenvalue weighted by Gasteiger charge is 2.10. The van der Waals surface area contributed by atoms with E-state index in [0.29, 0.717) is 0 Å². The molecular weight excluding hydrogens is 268 g/mol. The van der Waals surface area contributed by atoms with Gasteiger partial charge in [0.25, 0.3) is 0 Å². The molecule has 0 radical (unpaired) electrons. The number of rotatable bonds is 5. The SMILES string of the molecule is COCCCCc1ccc2ccc3cccc4ccc1c2c34.[2H][2H].[2H][2H]. The van der Waals surface area contributed by atoms with Crippen LogP contribution in [-0.2, 0) is 11.2 Å². The third-order valence-corrected chi connectivity index (χ3v) is 4.66. The van der Waals surface area contributed by atoms with Crippen molar-refractivity contribution in [2.75, 3.05) is 13.7 Å². The Morgan fingerprint density at radius 1 is 0.818 bits per heavy atom. The van der Waals surface area contributed by atoms with Crippen LogP contribution in [0.3, 0.4) is 0 Å². The van der Waals surface area contributed by atoms with Gasteiger partial charge in [-0.3, -0.25) is 0 Å². The molecule has 0 aliphatic rings. The van der Waals surface area contributed by atoms with Gasteiger partial charge >= 0.3 is 0 Å². The van der Waals surface area contributed by atoms with Crippen molar-refractivity contribution in [3.8, 4) is 0 Å². The van der Waals surface area contributed by atoms with Gasteiger partial charge in [0.2, 0.25) is 0 Å². The summed E-state index contributed by atoms with van der Waals surface area (Å²) in [4.78, 5) is 0. The molecule has 4 aromatic carbocycles. The van der Waals surface area contributed by atoms with Crippen LogP contribution in [0.1, 0.15) is 24.3 Å². The molecule has 0 heterocycles. The number of hydrogen-bond donors (Lipinski definition) is 0. The van der Waals surface area contributed by atoms with Gasteiger partial charge in [0, 0.05) is 19.7 Å². The van der Waals surface area contributed by atoms with E-state index in [1.165, 1.54) is 44.3 Å². The minimum atomic E-state index is 0.853. The second-order valence-corrected chi connectivity index (χ2v) is 6.03. The molecule has 1 nitrogen and oxygen atoms in total. The van der Waals surface area contributed by atoms with Gasteiger partial charge in [0.05, 0.1) is 0 Å². The highest BCUT2D eigenvalue weighted by atomic mass is 16.5. The molecule has 0 saturated heterocycles. The van der Waals surface area contributed by atoms with Crippen LogP contribution >= 0.6 is 0 Å². The Kier molecular flexibility index (Phi) is 2.91. The van der Waals surface area contributed by atoms with Gasteiger partial charge in [-0.25, -0.2) is 0 Å². The van der Waals surface area contributed by atoms with Crippen LogP contribution in [0.25, 0.3) is 32.3 Å². The van der Waals surface area contributed by atoms with Crippen LogP contribution in [0.2, 0.25) is 0 Å². The minimum Gasteiger partial charge on any atom is -0.385 e. The van der Waals surface area contributed by atoms with Gasteiger partial charge in [0.15, 0.2) is 0 Å². The van der Waals surface area contributed by atoms with Crippen LogP contribution in [0.5, 0.6) is 0 Å². The third-order valence-electron chi connectivity index (χ3n) is 4.66. The molecule has 0 spiro atoms. The molecule has 1 heteroatoms. The smallest absolute Gasteiger partial charge is 0.0462 e. The molecule has 0 aromatic heterocycles. The Morgan fingerprint density at radius 3 is 2.27 bits per heavy atom. The molecule has 0 bridgehead atoms. The van der Waals surface area contributed by atoms with Gasteiger partial charge in [-0.05, 0) is 57.1 Å². The van der Waals surface area contributed by atoms with E-state index in [4.69, 9.17) is 10.7 Å². The van der Waals surface area contributed by atoms with E-state index in [0.717, 1.165) is 19.4 Å². The zero-order chi connectivity index (χ0) is 18.9. The maximum atomic E-state index is 5.16. The Balaban J connectivity index is 0.000000570. The first-order valence-corrected chi connectivity index (χ1v) is 8.03. The van der Waals surface area contributed by atoms with E-state index in [1.807, 2.05) is 0 Å². The summed E-state index contributed by atoms with van der Waals surface area (Å²) in [5, 5.41) is 8.29. The summed E-state index contributed by atoms with van der Waals surface area (Å²) in [7, 11) is 1.77. The van der Waals surface area contributed by atoms with Crippen LogP contribution < -0.4 is 0 Å². The van der Waals surface area contributed by atoms with Crippen LogP contribution in [-0.4, -0.2) is 13.7 Å². The fourth-order valence-electron chi connectivity index (χ4n) is 3.58. The van der Waals surface area contributed by atoms with Crippen molar-refractivity contribution in [2.45, 2.75) is 19.3 Å². The van der Waals surface area contributed by atoms with Gasteiger partial charge < -0.3 is 4.74 Å². The summed E-state index contributed by atoms with van der Waals surface area (Å²) in [5.41, 5.74) is 1.46. The lowest BCUT2D eigenvalue weighted by Crippen LogP contribution is -1.93. The van der Waals surface area contributed by atoms with E-state index >= 15 is 0 Å². The lowest BCUT2D eigenvalue weighted by Gasteiger charge is -2.13. The molecule has 114 valence electrons. The maximum Gasteiger partial charge on any atom is 0.0462 e. The van der Waals surface area contributed by atoms with Crippen molar-refractivity contribution in [3.63, 3.8) is 0 Å². The summed E-state index contributed by atoms with van der Waals surface area (Å²) in [6, 6.07) is 20.2. The van der Waals surface area contributed by atoms with Crippen molar-refractivity contribution in [3.05, 3.63) is 60.2 Å². The second-order valence-electron chi connectivity index (χ2n) is 6.03. The highest BCUT2D eigenvalue weighted by Crippen LogP contribution is 2.36. The Morgan fingerprint density at radius 2 is 1.50 bits per heavy atom. The minimum absolute atomic E-state index is 0.853. The lowest BCUT2D eigenvalue weighted by molar-refractivity contribution is 0.193. The van der Waals surface area contributed by atoms with Crippen molar-refractivity contribution in [2.24, 2.45) is 0 Å². The molecule has 0 fully saturated rings. The van der Waals surface area contributed by atoms with E-state index in [-0.39, 0.29) is 0 Å². The zero-order valence-electron chi connectivity index (χ0n) is 16.9. The number of hydrogen-bond acceptors (Lipinski definition) is 1. The quantitative estimate of drug-likeness (QED) is 0.322. The first-order valence-electron chi connectivity index (χ1n) is 10.0. The molecule has 22 heavy (non-hydrogen) atoms. The average Bonchev–Trinajstić information content (AvgIpc) is 2.73. The number of methoxy groups -OCH3 is 1. The average molecular weight is 296 g/mol. The molecule has 4 aromatic rings. The number of unbranched alkanes of at least 4 members (excludes halogenated alkanes) is 1. The van der Waals surface area contributed by atoms with Gasteiger partial charge in [-0.15, -0.1) is 0 Å². The van der Waals surface area contributed by atoms with E-state index < -0.39 is 0 Å². The van der Waals surface area contributed by atoms with Crippen molar-refractivity contribution in [1.29, 1.82) is 0 Å². The van der Waals surface area contributed by atoms with Gasteiger partial charge in [-0.1, -0.05) is 54.6 Å². The van der Waals surface area contributed by atoms with Crippen LogP contribution in [0, 0.1) is 0 Å². The molecule has 0 aliphatic carbocycles. The number of ether oxygens (including phenoxy) is 1. The third kappa shape index (κ3) is 2.13. The normalized spacial score (nSPS) is 12.6. The Hall–Kier alpha value is -2.12. The fourth-order valence-corrected chi connectivity index (χ4v) is 3.58. The van der Waals surface area contributed by atoms with Gasteiger partial charge in [0.1, 0.15) is 0 Å². The molecule has 0 N–H and O–H groups in total. The molecule has 4 rings (SSSR count). The Bertz CT molecular complexity index is 923. The molecule has 0 unspecified atom stereocenters. The molecular formula is C21H24O. The largest absolute Gasteiger partial charge is 0.385 e. The molecule has 0 saturated carbocycles. The number of aryl methyl sites for hydroxylation is 1. The molecule has 0 aliphatic heterocycles. The van der Waals surface area contributed by atoms with Crippen molar-refractivity contribution in [1.82, 2.24) is 0 Å². The first-order chi connectivity index (χ1) is 12.9. The standard InChI is InChI=1S/C21H20O.2H2/c1-22-14-3-2-5-15-8-9-18-11-10-16-6-4-7-17-12-13-19(15)21(18)20(16)17;;/h4,6-13H,2-3,5,14H2,1H3;2*1H/i;2*1+1D. The van der Waals surface area contributed by atoms with Crippen molar-refractivity contribution >= 4 is 32.3 Å². The molecule has 0 amide bonds. The predicted octanol–water partition coefficient (Wildman–Crippen LogP) is 6.05. The fraction of sp³-hybridized carbons (Fsp3) is 0.238. The topological polar surface area (TPSA) is 9.23 Å². The van der Waals surface area contributed by atoms with E-state index in [9.17, 15) is 0 Å². The van der Waals surface area contributed by atoms with Crippen molar-refractivity contribution < 1.29 is 10.7 Å². The highest BCUT2D eigenvalue weighted by molar-refractivity contribution is 6.23. The Labute approximate surface area is 137 Å². The van der Waals surface area contributed by atoms with Gasteiger partial charge in [-0.2, -0.15) is 0 Å². The lowest BCUT2D eigenvalue weighted by atomic mass is 9.91. The number of benzene rings is 4. The first kappa shape index (κ1) is 11.4. The zero-order valence-corrected chi connectivity index (χ0v) is 12.9. The summed E-state index contributed by atoms with van der Waals surface area (Å²) >= 11 is 0. The predicted molar refractivity (Wildman–Crippen MR) is 99.2 cm³/mol. The summed E-state index contributed by atoms with van der Waals surface area (Å²) in [6.07, 6.45) is 3.42. The van der Waals surface area contributed by atoms with Crippen LogP contribution in [0.15, 0.2) is 54.6 Å². The second kappa shape index (κ2) is 5.58. The summed E-state index contributed by atoms with van der Waals surface area (Å²) in [5.74, 6) is 0. The molecule has 0 atom stereocenters. The van der Waals surface area contributed by atoms with Crippen LogP contribution in [0.4, 0.5) is 0 Å². The maximum absolute atomic E-state index is 5.16. The van der Waals surface area contributed by atoms with E-state index in [1.54, 1.807) is 7.11 Å².